The van der Waals surface area contributed by atoms with E-state index >= 15 is 0 Å². The van der Waals surface area contributed by atoms with Crippen molar-refractivity contribution in [1.82, 2.24) is 10.3 Å². The van der Waals surface area contributed by atoms with Gasteiger partial charge in [-0.3, -0.25) is 4.98 Å². The molecule has 3 nitrogen and oxygen atoms in total. The molecule has 1 rings (SSSR count). The summed E-state index contributed by atoms with van der Waals surface area (Å²) in [5.74, 6) is 0. The quantitative estimate of drug-likeness (QED) is 0.498. The number of carbonyl (C=O) groups excluding carboxylic acids is 1. The van der Waals surface area contributed by atoms with Crippen molar-refractivity contribution >= 4 is 6.29 Å². The number of nitrogens with one attached hydrogen (secondary N) is 1. The van der Waals surface area contributed by atoms with Crippen molar-refractivity contribution in [2.45, 2.75) is 6.54 Å². The van der Waals surface area contributed by atoms with Crippen molar-refractivity contribution in [2.24, 2.45) is 0 Å². The molecule has 0 aliphatic rings. The molecule has 0 spiro atoms. The maximum absolute atomic E-state index is 9.92. The smallest absolute Gasteiger partial charge is 0.133 e. The Morgan fingerprint density at radius 3 is 3.18 bits per heavy atom. The molecule has 1 heterocycles. The second kappa shape index (κ2) is 4.57. The zero-order chi connectivity index (χ0) is 7.94. The Labute approximate surface area is 65.5 Å². The Hall–Kier alpha value is -1.22. The summed E-state index contributed by atoms with van der Waals surface area (Å²) in [6.07, 6.45) is 4.34. The minimum Gasteiger partial charge on any atom is -0.306 e. The summed E-state index contributed by atoms with van der Waals surface area (Å²) in [5.41, 5.74) is 1.09. The second-order valence-electron chi connectivity index (χ2n) is 2.16. The van der Waals surface area contributed by atoms with E-state index < -0.39 is 0 Å². The Bertz CT molecular complexity index is 211. The van der Waals surface area contributed by atoms with Crippen LogP contribution in [0.5, 0.6) is 0 Å². The first-order valence-electron chi connectivity index (χ1n) is 3.47. The zero-order valence-corrected chi connectivity index (χ0v) is 6.16. The Morgan fingerprint density at radius 2 is 2.55 bits per heavy atom. The molecule has 1 aromatic heterocycles. The number of hydrogen-bond acceptors (Lipinski definition) is 3. The van der Waals surface area contributed by atoms with Crippen molar-refractivity contribution < 1.29 is 4.79 Å². The van der Waals surface area contributed by atoms with Crippen LogP contribution in [0.15, 0.2) is 24.5 Å². The van der Waals surface area contributed by atoms with Gasteiger partial charge in [-0.15, -0.1) is 0 Å². The van der Waals surface area contributed by atoms with Crippen molar-refractivity contribution in [3.05, 3.63) is 30.1 Å². The molecule has 0 aliphatic heterocycles. The minimum atomic E-state index is 0.398. The first-order chi connectivity index (χ1) is 5.43. The van der Waals surface area contributed by atoms with E-state index in [1.165, 1.54) is 0 Å². The van der Waals surface area contributed by atoms with Crippen LogP contribution >= 0.6 is 0 Å². The predicted molar refractivity (Wildman–Crippen MR) is 42.0 cm³/mol. The van der Waals surface area contributed by atoms with Gasteiger partial charge in [0.25, 0.3) is 0 Å². The average molecular weight is 150 g/mol. The molecule has 3 heteroatoms. The number of aromatic nitrogens is 1. The van der Waals surface area contributed by atoms with Crippen molar-refractivity contribution in [3.8, 4) is 0 Å². The van der Waals surface area contributed by atoms with Gasteiger partial charge < -0.3 is 10.1 Å². The molecule has 0 aromatic carbocycles. The zero-order valence-electron chi connectivity index (χ0n) is 6.16. The van der Waals surface area contributed by atoms with Gasteiger partial charge in [-0.05, 0) is 11.6 Å². The molecule has 11 heavy (non-hydrogen) atoms. The lowest BCUT2D eigenvalue weighted by molar-refractivity contribution is -0.107. The van der Waals surface area contributed by atoms with E-state index in [4.69, 9.17) is 0 Å². The number of aldehydes is 1. The lowest BCUT2D eigenvalue weighted by Crippen LogP contribution is -2.15. The lowest BCUT2D eigenvalue weighted by atomic mass is 10.3. The number of rotatable bonds is 4. The Morgan fingerprint density at radius 1 is 1.64 bits per heavy atom. The Kier molecular flexibility index (Phi) is 3.28. The monoisotopic (exact) mass is 150 g/mol. The number of carbonyl (C=O) groups is 1. The molecule has 58 valence electrons. The van der Waals surface area contributed by atoms with Crippen molar-refractivity contribution in [2.75, 3.05) is 6.54 Å². The highest BCUT2D eigenvalue weighted by Gasteiger charge is 1.88. The summed E-state index contributed by atoms with van der Waals surface area (Å²) >= 11 is 0. The van der Waals surface area contributed by atoms with Crippen molar-refractivity contribution in [1.29, 1.82) is 0 Å². The van der Waals surface area contributed by atoms with Crippen LogP contribution in [0.4, 0.5) is 0 Å². The van der Waals surface area contributed by atoms with E-state index in [0.29, 0.717) is 13.1 Å². The Balaban J connectivity index is 2.33. The van der Waals surface area contributed by atoms with E-state index in [-0.39, 0.29) is 0 Å². The van der Waals surface area contributed by atoms with E-state index in [0.717, 1.165) is 11.8 Å². The first kappa shape index (κ1) is 7.88. The highest BCUT2D eigenvalue weighted by Crippen LogP contribution is 1.92. The summed E-state index contributed by atoms with van der Waals surface area (Å²) in [6.45, 7) is 1.10. The highest BCUT2D eigenvalue weighted by molar-refractivity contribution is 5.51. The number of hydrogen-bond donors (Lipinski definition) is 1. The fourth-order valence-electron chi connectivity index (χ4n) is 0.778. The molecule has 0 saturated heterocycles. The largest absolute Gasteiger partial charge is 0.306 e. The van der Waals surface area contributed by atoms with Crippen molar-refractivity contribution in [3.63, 3.8) is 0 Å². The number of nitrogens with zero attached hydrogens (tertiary/aromatic N) is 1. The molecular formula is C8H10N2O. The van der Waals surface area contributed by atoms with Gasteiger partial charge in [0, 0.05) is 18.9 Å². The van der Waals surface area contributed by atoms with Gasteiger partial charge in [-0.2, -0.15) is 0 Å². The normalized spacial score (nSPS) is 9.45. The second-order valence-corrected chi connectivity index (χ2v) is 2.16. The fraction of sp³-hybridized carbons (Fsp3) is 0.250. The molecule has 1 N–H and O–H groups in total. The summed E-state index contributed by atoms with van der Waals surface area (Å²) in [4.78, 5) is 13.9. The standard InChI is InChI=1S/C8H10N2O/c11-5-4-10-7-8-2-1-3-9-6-8/h1-3,5-6,10H,4,7H2. The molecule has 0 atom stereocenters. The van der Waals surface area contributed by atoms with Crippen LogP contribution in [0.2, 0.25) is 0 Å². The fourth-order valence-corrected chi connectivity index (χ4v) is 0.778. The third-order valence-electron chi connectivity index (χ3n) is 1.28. The molecule has 0 bridgehead atoms. The van der Waals surface area contributed by atoms with Gasteiger partial charge in [0.2, 0.25) is 0 Å². The highest BCUT2D eigenvalue weighted by atomic mass is 16.1. The third-order valence-corrected chi connectivity index (χ3v) is 1.28. The van der Waals surface area contributed by atoms with E-state index in [1.54, 1.807) is 12.4 Å². The van der Waals surface area contributed by atoms with Crippen LogP contribution in [0.1, 0.15) is 5.56 Å². The molecule has 0 unspecified atom stereocenters. The van der Waals surface area contributed by atoms with Crippen LogP contribution < -0.4 is 5.32 Å². The van der Waals surface area contributed by atoms with Gasteiger partial charge in [-0.1, -0.05) is 6.07 Å². The topological polar surface area (TPSA) is 42.0 Å². The van der Waals surface area contributed by atoms with Gasteiger partial charge >= 0.3 is 0 Å². The first-order valence-corrected chi connectivity index (χ1v) is 3.47. The van der Waals surface area contributed by atoms with Gasteiger partial charge in [0.15, 0.2) is 0 Å². The van der Waals surface area contributed by atoms with E-state index in [1.807, 2.05) is 12.1 Å². The molecule has 0 saturated carbocycles. The van der Waals surface area contributed by atoms with Gasteiger partial charge in [-0.25, -0.2) is 0 Å². The van der Waals surface area contributed by atoms with Gasteiger partial charge in [0.1, 0.15) is 6.29 Å². The molecular weight excluding hydrogens is 140 g/mol. The van der Waals surface area contributed by atoms with Crippen LogP contribution in [-0.2, 0) is 11.3 Å². The lowest BCUT2D eigenvalue weighted by Gasteiger charge is -1.98. The van der Waals surface area contributed by atoms with Crippen LogP contribution in [0, 0.1) is 0 Å². The molecule has 0 amide bonds. The minimum absolute atomic E-state index is 0.398. The summed E-state index contributed by atoms with van der Waals surface area (Å²) in [6, 6.07) is 3.84. The number of pyridine rings is 1. The average Bonchev–Trinajstić information content (AvgIpc) is 2.07. The maximum Gasteiger partial charge on any atom is 0.133 e. The molecule has 0 fully saturated rings. The summed E-state index contributed by atoms with van der Waals surface area (Å²) in [7, 11) is 0. The SMILES string of the molecule is O=CCNCc1cccnc1. The molecule has 0 radical (unpaired) electrons. The summed E-state index contributed by atoms with van der Waals surface area (Å²) < 4.78 is 0. The van der Waals surface area contributed by atoms with E-state index in [9.17, 15) is 4.79 Å². The molecule has 0 aliphatic carbocycles. The van der Waals surface area contributed by atoms with Crippen LogP contribution in [0.25, 0.3) is 0 Å². The maximum atomic E-state index is 9.92. The van der Waals surface area contributed by atoms with Gasteiger partial charge in [0.05, 0.1) is 6.54 Å². The summed E-state index contributed by atoms with van der Waals surface area (Å²) in [5, 5.41) is 2.94. The van der Waals surface area contributed by atoms with Crippen LogP contribution in [-0.4, -0.2) is 17.8 Å². The molecule has 1 aromatic rings. The predicted octanol–water partition coefficient (Wildman–Crippen LogP) is 0.370. The van der Waals surface area contributed by atoms with E-state index in [2.05, 4.69) is 10.3 Å². The van der Waals surface area contributed by atoms with Crippen LogP contribution in [0.3, 0.4) is 0 Å². The third kappa shape index (κ3) is 2.91.